The molecule has 0 saturated heterocycles. The number of aromatic nitrogens is 1. The Labute approximate surface area is 200 Å². The van der Waals surface area contributed by atoms with Gasteiger partial charge in [-0.2, -0.15) is 0 Å². The van der Waals surface area contributed by atoms with Crippen LogP contribution in [0.4, 0.5) is 0 Å². The first-order chi connectivity index (χ1) is 16.3. The number of aromatic carboxylic acids is 1. The molecule has 3 aromatic rings. The maximum absolute atomic E-state index is 13.3. The van der Waals surface area contributed by atoms with E-state index in [1.54, 1.807) is 19.2 Å². The third kappa shape index (κ3) is 3.95. The molecule has 1 N–H and O–H groups in total. The number of hydrogen-bond donors (Lipinski definition) is 1. The lowest BCUT2D eigenvalue weighted by Crippen LogP contribution is -2.30. The molecule has 10 heteroatoms. The molecule has 2 aromatic heterocycles. The largest absolute Gasteiger partial charge is 0.493 e. The summed E-state index contributed by atoms with van der Waals surface area (Å²) in [5.74, 6) is -1.28. The molecule has 178 valence electrons. The maximum atomic E-state index is 13.3. The number of carboxylic acids is 1. The van der Waals surface area contributed by atoms with Gasteiger partial charge in [-0.05, 0) is 42.0 Å². The zero-order chi connectivity index (χ0) is 24.0. The minimum atomic E-state index is -3.79. The van der Waals surface area contributed by atoms with Gasteiger partial charge in [-0.15, -0.1) is 11.3 Å². The molecule has 1 saturated carbocycles. The van der Waals surface area contributed by atoms with E-state index in [1.165, 1.54) is 22.0 Å². The standard InChI is InChI=1S/C24H23NO7S2/c1-31-7-3-8-32-19-12-21-17(11-16(19)20-4-2-9-33-20)22-14(13-34(21,29)30)10-18(24(27)28)23(26)25(22)15-5-6-15/h2,4,9-12,15H,3,5-8,13H2,1H3,(H,27,28). The fraction of sp³-hybridized carbons (Fsp3) is 0.333. The Morgan fingerprint density at radius 1 is 1.21 bits per heavy atom. The van der Waals surface area contributed by atoms with Gasteiger partial charge >= 0.3 is 5.97 Å². The fourth-order valence-corrected chi connectivity index (χ4v) is 6.66. The average molecular weight is 502 g/mol. The second-order valence-corrected chi connectivity index (χ2v) is 11.3. The van der Waals surface area contributed by atoms with Crippen LogP contribution in [0.3, 0.4) is 0 Å². The topological polar surface area (TPSA) is 112 Å². The number of carbonyl (C=O) groups is 1. The van der Waals surface area contributed by atoms with Gasteiger partial charge in [0.1, 0.15) is 11.3 Å². The van der Waals surface area contributed by atoms with Crippen molar-refractivity contribution in [3.8, 4) is 27.4 Å². The number of thiophene rings is 1. The number of fused-ring (bicyclic) bond motifs is 3. The smallest absolute Gasteiger partial charge is 0.341 e. The molecular formula is C24H23NO7S2. The highest BCUT2D eigenvalue weighted by Crippen LogP contribution is 2.47. The van der Waals surface area contributed by atoms with E-state index in [-0.39, 0.29) is 16.7 Å². The van der Waals surface area contributed by atoms with Crippen molar-refractivity contribution in [2.45, 2.75) is 36.0 Å². The Bertz CT molecular complexity index is 1430. The van der Waals surface area contributed by atoms with Crippen molar-refractivity contribution >= 4 is 27.1 Å². The maximum Gasteiger partial charge on any atom is 0.341 e. The summed E-state index contributed by atoms with van der Waals surface area (Å²) < 4.78 is 39.2. The van der Waals surface area contributed by atoms with Crippen molar-refractivity contribution < 1.29 is 27.8 Å². The molecule has 0 amide bonds. The molecule has 0 radical (unpaired) electrons. The first-order valence-electron chi connectivity index (χ1n) is 10.9. The third-order valence-corrected chi connectivity index (χ3v) is 8.61. The number of methoxy groups -OCH3 is 1. The lowest BCUT2D eigenvalue weighted by molar-refractivity contribution is 0.0694. The predicted molar refractivity (Wildman–Crippen MR) is 128 cm³/mol. The number of pyridine rings is 1. The van der Waals surface area contributed by atoms with Crippen molar-refractivity contribution in [2.24, 2.45) is 0 Å². The summed E-state index contributed by atoms with van der Waals surface area (Å²) in [5, 5.41) is 11.5. The summed E-state index contributed by atoms with van der Waals surface area (Å²) in [6.07, 6.45) is 2.14. The average Bonchev–Trinajstić information content (AvgIpc) is 3.48. The van der Waals surface area contributed by atoms with Crippen molar-refractivity contribution in [3.05, 3.63) is 57.2 Å². The van der Waals surface area contributed by atoms with Crippen molar-refractivity contribution in [1.29, 1.82) is 0 Å². The Balaban J connectivity index is 1.76. The van der Waals surface area contributed by atoms with E-state index >= 15 is 0 Å². The number of ether oxygens (including phenoxy) is 2. The van der Waals surface area contributed by atoms with Crippen LogP contribution in [0.2, 0.25) is 0 Å². The SMILES string of the molecule is COCCCOc1cc2c(cc1-c1cccs1)-c1c(cc(C(=O)O)c(=O)n1C1CC1)CS2(=O)=O. The summed E-state index contributed by atoms with van der Waals surface area (Å²) in [6, 6.07) is 8.22. The van der Waals surface area contributed by atoms with Crippen molar-refractivity contribution in [2.75, 3.05) is 20.3 Å². The van der Waals surface area contributed by atoms with E-state index in [1.807, 2.05) is 17.5 Å². The summed E-state index contributed by atoms with van der Waals surface area (Å²) in [6.45, 7) is 0.876. The molecule has 5 rings (SSSR count). The van der Waals surface area contributed by atoms with Gasteiger partial charge in [-0.25, -0.2) is 13.2 Å². The highest BCUT2D eigenvalue weighted by atomic mass is 32.2. The normalized spacial score (nSPS) is 16.0. The van der Waals surface area contributed by atoms with Gasteiger partial charge in [-0.1, -0.05) is 6.07 Å². The zero-order valence-corrected chi connectivity index (χ0v) is 20.1. The molecule has 34 heavy (non-hydrogen) atoms. The number of benzene rings is 1. The Morgan fingerprint density at radius 3 is 2.65 bits per heavy atom. The quantitative estimate of drug-likeness (QED) is 0.465. The van der Waals surface area contributed by atoms with E-state index in [0.717, 1.165) is 23.3 Å². The van der Waals surface area contributed by atoms with Crippen LogP contribution in [0.25, 0.3) is 21.7 Å². The molecule has 0 atom stereocenters. The van der Waals surface area contributed by atoms with Gasteiger partial charge < -0.3 is 19.1 Å². The molecule has 0 spiro atoms. The predicted octanol–water partition coefficient (Wildman–Crippen LogP) is 3.98. The molecule has 1 aliphatic heterocycles. The monoisotopic (exact) mass is 501 g/mol. The molecule has 0 bridgehead atoms. The van der Waals surface area contributed by atoms with E-state index in [4.69, 9.17) is 9.47 Å². The molecule has 1 fully saturated rings. The van der Waals surface area contributed by atoms with Crippen LogP contribution in [0.5, 0.6) is 5.75 Å². The lowest BCUT2D eigenvalue weighted by Gasteiger charge is -2.26. The first-order valence-corrected chi connectivity index (χ1v) is 13.4. The van der Waals surface area contributed by atoms with Crippen LogP contribution in [0.15, 0.2) is 45.4 Å². The lowest BCUT2D eigenvalue weighted by atomic mass is 9.99. The molecule has 3 heterocycles. The van der Waals surface area contributed by atoms with Crippen LogP contribution in [-0.2, 0) is 20.3 Å². The Morgan fingerprint density at radius 2 is 2.00 bits per heavy atom. The molecular weight excluding hydrogens is 478 g/mol. The van der Waals surface area contributed by atoms with Crippen molar-refractivity contribution in [1.82, 2.24) is 4.57 Å². The van der Waals surface area contributed by atoms with Gasteiger partial charge in [0.25, 0.3) is 5.56 Å². The van der Waals surface area contributed by atoms with Crippen LogP contribution in [0.1, 0.15) is 41.2 Å². The zero-order valence-electron chi connectivity index (χ0n) is 18.4. The van der Waals surface area contributed by atoms with E-state index in [2.05, 4.69) is 0 Å². The van der Waals surface area contributed by atoms with Crippen LogP contribution in [0, 0.1) is 0 Å². The van der Waals surface area contributed by atoms with E-state index in [9.17, 15) is 23.1 Å². The number of hydrogen-bond acceptors (Lipinski definition) is 7. The Hall–Kier alpha value is -2.95. The number of rotatable bonds is 8. The van der Waals surface area contributed by atoms with Crippen LogP contribution in [-0.4, -0.2) is 44.4 Å². The number of carboxylic acid groups (broad SMARTS) is 1. The van der Waals surface area contributed by atoms with Gasteiger partial charge in [0.05, 0.1) is 22.9 Å². The Kier molecular flexibility index (Phi) is 5.83. The second kappa shape index (κ2) is 8.68. The van der Waals surface area contributed by atoms with E-state index in [0.29, 0.717) is 42.2 Å². The molecule has 1 aromatic carbocycles. The van der Waals surface area contributed by atoms with Gasteiger partial charge in [0.2, 0.25) is 0 Å². The van der Waals surface area contributed by atoms with Gasteiger partial charge in [0, 0.05) is 48.2 Å². The number of nitrogens with zero attached hydrogens (tertiary/aromatic N) is 1. The van der Waals surface area contributed by atoms with Crippen molar-refractivity contribution in [3.63, 3.8) is 0 Å². The summed E-state index contributed by atoms with van der Waals surface area (Å²) in [4.78, 5) is 25.8. The first kappa shape index (κ1) is 22.8. The summed E-state index contributed by atoms with van der Waals surface area (Å²) >= 11 is 1.50. The summed E-state index contributed by atoms with van der Waals surface area (Å²) in [5.41, 5.74) is 0.965. The molecule has 0 unspecified atom stereocenters. The molecule has 2 aliphatic rings. The minimum absolute atomic E-state index is 0.0962. The van der Waals surface area contributed by atoms with Gasteiger partial charge in [-0.3, -0.25) is 4.79 Å². The third-order valence-electron chi connectivity index (χ3n) is 6.01. The second-order valence-electron chi connectivity index (χ2n) is 8.42. The minimum Gasteiger partial charge on any atom is -0.493 e. The molecule has 1 aliphatic carbocycles. The summed E-state index contributed by atoms with van der Waals surface area (Å²) in [7, 11) is -2.18. The van der Waals surface area contributed by atoms with Crippen LogP contribution < -0.4 is 10.3 Å². The highest BCUT2D eigenvalue weighted by Gasteiger charge is 2.37. The number of sulfone groups is 1. The van der Waals surface area contributed by atoms with Gasteiger partial charge in [0.15, 0.2) is 9.84 Å². The van der Waals surface area contributed by atoms with Crippen LogP contribution >= 0.6 is 11.3 Å². The highest BCUT2D eigenvalue weighted by molar-refractivity contribution is 7.90. The fourth-order valence-electron chi connectivity index (χ4n) is 4.35. The van der Waals surface area contributed by atoms with E-state index < -0.39 is 26.9 Å². The molecule has 8 nitrogen and oxygen atoms in total.